The summed E-state index contributed by atoms with van der Waals surface area (Å²) in [4.78, 5) is 10.5. The van der Waals surface area contributed by atoms with Gasteiger partial charge in [-0.15, -0.1) is 0 Å². The van der Waals surface area contributed by atoms with Gasteiger partial charge in [0.05, 0.1) is 19.1 Å². The topological polar surface area (TPSA) is 55.8 Å². The maximum absolute atomic E-state index is 12.9. The molecule has 0 heterocycles. The largest absolute Gasteiger partial charge is 0.489 e. The highest BCUT2D eigenvalue weighted by Gasteiger charge is 2.19. The van der Waals surface area contributed by atoms with Crippen molar-refractivity contribution in [1.29, 1.82) is 0 Å². The molecule has 0 saturated carbocycles. The predicted molar refractivity (Wildman–Crippen MR) is 91.2 cm³/mol. The van der Waals surface area contributed by atoms with Crippen molar-refractivity contribution < 1.29 is 23.8 Å². The third kappa shape index (κ3) is 5.03. The van der Waals surface area contributed by atoms with Crippen molar-refractivity contribution in [3.63, 3.8) is 0 Å². The molecule has 0 spiro atoms. The van der Waals surface area contributed by atoms with Crippen LogP contribution in [0, 0.1) is 5.82 Å². The van der Waals surface area contributed by atoms with Crippen molar-refractivity contribution in [2.45, 2.75) is 38.4 Å². The first-order valence-electron chi connectivity index (χ1n) is 8.42. The van der Waals surface area contributed by atoms with E-state index in [2.05, 4.69) is 0 Å². The van der Waals surface area contributed by atoms with Crippen molar-refractivity contribution in [1.82, 2.24) is 0 Å². The van der Waals surface area contributed by atoms with Crippen LogP contribution < -0.4 is 4.74 Å². The number of rotatable bonds is 7. The number of benzene rings is 2. The molecule has 0 saturated heterocycles. The van der Waals surface area contributed by atoms with Gasteiger partial charge >= 0.3 is 5.97 Å². The summed E-state index contributed by atoms with van der Waals surface area (Å²) in [5.74, 6) is -0.287. The van der Waals surface area contributed by atoms with Gasteiger partial charge in [0.2, 0.25) is 0 Å². The van der Waals surface area contributed by atoms with Gasteiger partial charge in [-0.1, -0.05) is 18.2 Å². The van der Waals surface area contributed by atoms with Crippen LogP contribution in [0.2, 0.25) is 0 Å². The molecule has 0 aliphatic heterocycles. The van der Waals surface area contributed by atoms with E-state index in [9.17, 15) is 9.18 Å². The van der Waals surface area contributed by atoms with Crippen molar-refractivity contribution in [3.8, 4) is 5.75 Å². The van der Waals surface area contributed by atoms with Crippen LogP contribution in [-0.2, 0) is 29.0 Å². The summed E-state index contributed by atoms with van der Waals surface area (Å²) in [5.41, 5.74) is 3.39. The second kappa shape index (κ2) is 8.12. The zero-order valence-electron chi connectivity index (χ0n) is 13.9. The minimum Gasteiger partial charge on any atom is -0.489 e. The quantitative estimate of drug-likeness (QED) is 0.831. The van der Waals surface area contributed by atoms with Crippen molar-refractivity contribution in [3.05, 3.63) is 65.0 Å². The summed E-state index contributed by atoms with van der Waals surface area (Å²) in [5, 5.41) is 8.67. The Morgan fingerprint density at radius 3 is 2.72 bits per heavy atom. The second-order valence-corrected chi connectivity index (χ2v) is 6.22. The van der Waals surface area contributed by atoms with Gasteiger partial charge in [0.15, 0.2) is 0 Å². The van der Waals surface area contributed by atoms with Gasteiger partial charge in [0, 0.05) is 0 Å². The highest BCUT2D eigenvalue weighted by molar-refractivity contribution is 5.66. The van der Waals surface area contributed by atoms with Crippen LogP contribution in [0.4, 0.5) is 4.39 Å². The Hall–Kier alpha value is -2.40. The van der Waals surface area contributed by atoms with Crippen LogP contribution in [0.15, 0.2) is 42.5 Å². The molecule has 25 heavy (non-hydrogen) atoms. The monoisotopic (exact) mass is 344 g/mol. The molecule has 132 valence electrons. The molecule has 1 N–H and O–H groups in total. The lowest BCUT2D eigenvalue weighted by molar-refractivity contribution is -0.138. The number of ether oxygens (including phenoxy) is 2. The van der Waals surface area contributed by atoms with Gasteiger partial charge in [-0.25, -0.2) is 4.39 Å². The van der Waals surface area contributed by atoms with E-state index in [1.807, 2.05) is 18.2 Å². The first-order valence-corrected chi connectivity index (χ1v) is 8.42. The fraction of sp³-hybridized carbons (Fsp3) is 0.350. The smallest absolute Gasteiger partial charge is 0.305 e. The number of hydrogen-bond acceptors (Lipinski definition) is 3. The number of carboxylic acid groups (broad SMARTS) is 1. The summed E-state index contributed by atoms with van der Waals surface area (Å²) >= 11 is 0. The van der Waals surface area contributed by atoms with Crippen molar-refractivity contribution in [2.24, 2.45) is 0 Å². The maximum Gasteiger partial charge on any atom is 0.305 e. The highest BCUT2D eigenvalue weighted by atomic mass is 19.1. The zero-order valence-corrected chi connectivity index (χ0v) is 13.9. The molecule has 5 heteroatoms. The Kier molecular flexibility index (Phi) is 5.66. The standard InChI is InChI=1S/C20H21FO4/c21-17-5-1-14(2-6-17)13-25-19-8-4-15-11-18(7-3-16(15)12-19)24-10-9-20(22)23/h1-2,4-6,8,12,18H,3,7,9-11,13H2,(H,22,23). The number of aryl methyl sites for hydroxylation is 1. The minimum atomic E-state index is -0.834. The zero-order chi connectivity index (χ0) is 17.6. The van der Waals surface area contributed by atoms with Gasteiger partial charge in [0.1, 0.15) is 18.2 Å². The summed E-state index contributed by atoms with van der Waals surface area (Å²) in [7, 11) is 0. The molecule has 4 nitrogen and oxygen atoms in total. The van der Waals surface area contributed by atoms with Crippen LogP contribution in [0.5, 0.6) is 5.75 Å². The van der Waals surface area contributed by atoms with E-state index in [-0.39, 0.29) is 24.9 Å². The maximum atomic E-state index is 12.9. The van der Waals surface area contributed by atoms with E-state index in [4.69, 9.17) is 14.6 Å². The molecule has 0 bridgehead atoms. The number of fused-ring (bicyclic) bond motifs is 1. The fourth-order valence-corrected chi connectivity index (χ4v) is 2.99. The molecule has 0 amide bonds. The first kappa shape index (κ1) is 17.4. The van der Waals surface area contributed by atoms with E-state index in [1.54, 1.807) is 12.1 Å². The summed E-state index contributed by atoms with van der Waals surface area (Å²) in [6.45, 7) is 0.661. The van der Waals surface area contributed by atoms with E-state index in [0.29, 0.717) is 6.61 Å². The third-order valence-corrected chi connectivity index (χ3v) is 4.35. The Bertz CT molecular complexity index is 727. The average molecular weight is 344 g/mol. The molecular formula is C20H21FO4. The SMILES string of the molecule is O=C(O)CCOC1CCc2cc(OCc3ccc(F)cc3)ccc2C1. The summed E-state index contributed by atoms with van der Waals surface area (Å²) in [6.07, 6.45) is 2.69. The number of carbonyl (C=O) groups is 1. The molecular weight excluding hydrogens is 323 g/mol. The molecule has 2 aromatic carbocycles. The van der Waals surface area contributed by atoms with Gasteiger partial charge in [0.25, 0.3) is 0 Å². The minimum absolute atomic E-state index is 0.0412. The number of hydrogen-bond donors (Lipinski definition) is 1. The van der Waals surface area contributed by atoms with Crippen LogP contribution in [0.1, 0.15) is 29.5 Å². The van der Waals surface area contributed by atoms with Gasteiger partial charge in [-0.05, 0) is 60.2 Å². The average Bonchev–Trinajstić information content (AvgIpc) is 2.61. The molecule has 3 rings (SSSR count). The molecule has 1 aliphatic carbocycles. The molecule has 0 aromatic heterocycles. The molecule has 2 aromatic rings. The Labute approximate surface area is 146 Å². The molecule has 1 unspecified atom stereocenters. The molecule has 1 aliphatic rings. The van der Waals surface area contributed by atoms with E-state index in [0.717, 1.165) is 30.6 Å². The number of aliphatic carboxylic acids is 1. The normalized spacial score (nSPS) is 16.3. The van der Waals surface area contributed by atoms with Crippen LogP contribution >= 0.6 is 0 Å². The van der Waals surface area contributed by atoms with Gasteiger partial charge in [-0.3, -0.25) is 4.79 Å². The Morgan fingerprint density at radius 2 is 1.96 bits per heavy atom. The lowest BCUT2D eigenvalue weighted by Gasteiger charge is -2.25. The summed E-state index contributed by atoms with van der Waals surface area (Å²) in [6, 6.07) is 12.3. The van der Waals surface area contributed by atoms with E-state index >= 15 is 0 Å². The van der Waals surface area contributed by atoms with Crippen molar-refractivity contribution >= 4 is 5.97 Å². The van der Waals surface area contributed by atoms with Crippen LogP contribution in [0.3, 0.4) is 0 Å². The van der Waals surface area contributed by atoms with E-state index in [1.165, 1.54) is 23.3 Å². The number of carboxylic acids is 1. The van der Waals surface area contributed by atoms with Crippen LogP contribution in [0.25, 0.3) is 0 Å². The van der Waals surface area contributed by atoms with Crippen LogP contribution in [-0.4, -0.2) is 23.8 Å². The highest BCUT2D eigenvalue weighted by Crippen LogP contribution is 2.27. The molecule has 0 fully saturated rings. The van der Waals surface area contributed by atoms with Gasteiger partial charge in [-0.2, -0.15) is 0 Å². The predicted octanol–water partition coefficient (Wildman–Crippen LogP) is 3.75. The van der Waals surface area contributed by atoms with Crippen molar-refractivity contribution in [2.75, 3.05) is 6.61 Å². The first-order chi connectivity index (χ1) is 12.1. The second-order valence-electron chi connectivity index (χ2n) is 6.22. The Balaban J connectivity index is 1.54. The fourth-order valence-electron chi connectivity index (χ4n) is 2.99. The molecule has 0 radical (unpaired) electrons. The lowest BCUT2D eigenvalue weighted by atomic mass is 9.89. The van der Waals surface area contributed by atoms with E-state index < -0.39 is 5.97 Å². The number of halogens is 1. The Morgan fingerprint density at radius 1 is 1.16 bits per heavy atom. The third-order valence-electron chi connectivity index (χ3n) is 4.35. The van der Waals surface area contributed by atoms with Gasteiger partial charge < -0.3 is 14.6 Å². The summed E-state index contributed by atoms with van der Waals surface area (Å²) < 4.78 is 24.4. The molecule has 1 atom stereocenters. The lowest BCUT2D eigenvalue weighted by Crippen LogP contribution is -2.23.